The molecule has 0 spiro atoms. The van der Waals surface area contributed by atoms with Crippen molar-refractivity contribution in [1.29, 1.82) is 0 Å². The molecular weight excluding hydrogens is 251 g/mol. The van der Waals surface area contributed by atoms with Crippen LogP contribution < -0.4 is 5.73 Å². The van der Waals surface area contributed by atoms with Gasteiger partial charge in [0.1, 0.15) is 0 Å². The van der Waals surface area contributed by atoms with Crippen molar-refractivity contribution in [3.8, 4) is 0 Å². The minimum absolute atomic E-state index is 0.0540. The number of rotatable bonds is 3. The molecule has 20 heavy (non-hydrogen) atoms. The van der Waals surface area contributed by atoms with Crippen LogP contribution in [0, 0.1) is 0 Å². The normalized spacial score (nSPS) is 22.4. The van der Waals surface area contributed by atoms with Crippen LogP contribution in [0.25, 0.3) is 6.08 Å². The van der Waals surface area contributed by atoms with E-state index in [9.17, 15) is 0 Å². The zero-order valence-electron chi connectivity index (χ0n) is 12.9. The van der Waals surface area contributed by atoms with Crippen molar-refractivity contribution in [2.75, 3.05) is 0 Å². The van der Waals surface area contributed by atoms with Crippen LogP contribution in [0.15, 0.2) is 24.4 Å². The molecule has 1 aliphatic rings. The number of pyridine rings is 1. The number of aromatic nitrogens is 1. The Balaban J connectivity index is 2.16. The Morgan fingerprint density at radius 1 is 1.25 bits per heavy atom. The van der Waals surface area contributed by atoms with E-state index >= 15 is 0 Å². The Labute approximate surface area is 121 Å². The maximum atomic E-state index is 5.95. The Morgan fingerprint density at radius 3 is 2.40 bits per heavy atom. The lowest BCUT2D eigenvalue weighted by Crippen LogP contribution is -2.41. The summed E-state index contributed by atoms with van der Waals surface area (Å²) in [6, 6.07) is 1.89. The third-order valence-corrected chi connectivity index (χ3v) is 4.08. The van der Waals surface area contributed by atoms with Gasteiger partial charge in [-0.2, -0.15) is 0 Å². The van der Waals surface area contributed by atoms with Gasteiger partial charge >= 0.3 is 7.12 Å². The molecule has 5 heteroatoms. The molecule has 1 aromatic heterocycles. The van der Waals surface area contributed by atoms with Gasteiger partial charge in [0.05, 0.1) is 11.2 Å². The van der Waals surface area contributed by atoms with Gasteiger partial charge in [-0.25, -0.2) is 0 Å². The molecule has 1 aromatic rings. The van der Waals surface area contributed by atoms with Gasteiger partial charge < -0.3 is 15.0 Å². The SMILES string of the molecule is C[C@H](N)c1cnccc1/C=C/B1OC(C)(C)C(C)(C)O1. The Bertz CT molecular complexity index is 496. The fourth-order valence-corrected chi connectivity index (χ4v) is 2.10. The van der Waals surface area contributed by atoms with Crippen molar-refractivity contribution in [2.24, 2.45) is 5.73 Å². The molecule has 2 heterocycles. The minimum Gasteiger partial charge on any atom is -0.400 e. The van der Waals surface area contributed by atoms with E-state index in [1.54, 1.807) is 12.4 Å². The zero-order chi connectivity index (χ0) is 15.0. The first-order valence-corrected chi connectivity index (χ1v) is 6.96. The molecule has 4 nitrogen and oxygen atoms in total. The first-order valence-electron chi connectivity index (χ1n) is 6.96. The summed E-state index contributed by atoms with van der Waals surface area (Å²) < 4.78 is 11.9. The van der Waals surface area contributed by atoms with Crippen LogP contribution in [0.1, 0.15) is 51.8 Å². The van der Waals surface area contributed by atoms with E-state index in [-0.39, 0.29) is 24.4 Å². The molecule has 1 aliphatic heterocycles. The highest BCUT2D eigenvalue weighted by Crippen LogP contribution is 2.37. The van der Waals surface area contributed by atoms with Gasteiger partial charge in [0.2, 0.25) is 0 Å². The minimum atomic E-state index is -0.339. The molecule has 0 amide bonds. The molecule has 2 N–H and O–H groups in total. The van der Waals surface area contributed by atoms with E-state index in [1.165, 1.54) is 0 Å². The van der Waals surface area contributed by atoms with E-state index in [1.807, 2.05) is 52.7 Å². The summed E-state index contributed by atoms with van der Waals surface area (Å²) in [7, 11) is -0.339. The first-order chi connectivity index (χ1) is 9.23. The fourth-order valence-electron chi connectivity index (χ4n) is 2.10. The average Bonchev–Trinajstić information content (AvgIpc) is 2.55. The van der Waals surface area contributed by atoms with Gasteiger partial charge in [-0.1, -0.05) is 12.1 Å². The van der Waals surface area contributed by atoms with Crippen LogP contribution in [-0.2, 0) is 9.31 Å². The van der Waals surface area contributed by atoms with Crippen molar-refractivity contribution >= 4 is 13.2 Å². The fraction of sp³-hybridized carbons (Fsp3) is 0.533. The summed E-state index contributed by atoms with van der Waals surface area (Å²) in [5.74, 6) is 1.93. The summed E-state index contributed by atoms with van der Waals surface area (Å²) in [6.07, 6.45) is 5.55. The van der Waals surface area contributed by atoms with Crippen molar-refractivity contribution in [2.45, 2.75) is 51.9 Å². The van der Waals surface area contributed by atoms with Crippen molar-refractivity contribution < 1.29 is 9.31 Å². The van der Waals surface area contributed by atoms with Crippen molar-refractivity contribution in [3.63, 3.8) is 0 Å². The predicted octanol–water partition coefficient (Wildman–Crippen LogP) is 2.75. The Morgan fingerprint density at radius 2 is 1.85 bits per heavy atom. The quantitative estimate of drug-likeness (QED) is 0.861. The van der Waals surface area contributed by atoms with Gasteiger partial charge in [0.15, 0.2) is 0 Å². The number of nitrogens with two attached hydrogens (primary N) is 1. The van der Waals surface area contributed by atoms with Gasteiger partial charge in [0.25, 0.3) is 0 Å². The van der Waals surface area contributed by atoms with E-state index < -0.39 is 0 Å². The van der Waals surface area contributed by atoms with Crippen LogP contribution in [0.5, 0.6) is 0 Å². The highest BCUT2D eigenvalue weighted by Gasteiger charge is 2.49. The molecule has 0 radical (unpaired) electrons. The van der Waals surface area contributed by atoms with E-state index in [2.05, 4.69) is 4.98 Å². The molecular formula is C15H23BN2O2. The summed E-state index contributed by atoms with van der Waals surface area (Å²) in [5.41, 5.74) is 7.38. The van der Waals surface area contributed by atoms with Crippen LogP contribution in [-0.4, -0.2) is 23.3 Å². The van der Waals surface area contributed by atoms with E-state index in [0.717, 1.165) is 11.1 Å². The van der Waals surface area contributed by atoms with Gasteiger partial charge in [-0.15, -0.1) is 0 Å². The second-order valence-electron chi connectivity index (χ2n) is 6.28. The van der Waals surface area contributed by atoms with E-state index in [4.69, 9.17) is 15.0 Å². The maximum absolute atomic E-state index is 5.95. The largest absolute Gasteiger partial charge is 0.487 e. The molecule has 1 fully saturated rings. The highest BCUT2D eigenvalue weighted by molar-refractivity contribution is 6.52. The second-order valence-corrected chi connectivity index (χ2v) is 6.28. The third-order valence-electron chi connectivity index (χ3n) is 4.08. The molecule has 0 unspecified atom stereocenters. The molecule has 0 bridgehead atoms. The average molecular weight is 274 g/mol. The Hall–Kier alpha value is -1.17. The van der Waals surface area contributed by atoms with Crippen LogP contribution in [0.3, 0.4) is 0 Å². The van der Waals surface area contributed by atoms with Gasteiger partial charge in [0, 0.05) is 18.4 Å². The highest BCUT2D eigenvalue weighted by atomic mass is 16.7. The van der Waals surface area contributed by atoms with Crippen LogP contribution >= 0.6 is 0 Å². The molecule has 1 atom stereocenters. The molecule has 0 saturated carbocycles. The third kappa shape index (κ3) is 2.95. The van der Waals surface area contributed by atoms with Gasteiger partial charge in [-0.3, -0.25) is 4.98 Å². The monoisotopic (exact) mass is 274 g/mol. The summed E-state index contributed by atoms with van der Waals surface area (Å²) >= 11 is 0. The molecule has 108 valence electrons. The zero-order valence-corrected chi connectivity index (χ0v) is 12.9. The van der Waals surface area contributed by atoms with Crippen molar-refractivity contribution in [1.82, 2.24) is 4.98 Å². The lowest BCUT2D eigenvalue weighted by molar-refractivity contribution is 0.00578. The lowest BCUT2D eigenvalue weighted by atomic mass is 9.88. The van der Waals surface area contributed by atoms with Crippen LogP contribution in [0.4, 0.5) is 0 Å². The molecule has 0 aromatic carbocycles. The Kier molecular flexibility index (Phi) is 4.05. The number of nitrogens with zero attached hydrogens (tertiary/aromatic N) is 1. The van der Waals surface area contributed by atoms with Crippen molar-refractivity contribution in [3.05, 3.63) is 35.6 Å². The number of hydrogen-bond donors (Lipinski definition) is 1. The second kappa shape index (κ2) is 5.32. The van der Waals surface area contributed by atoms with Crippen LogP contribution in [0.2, 0.25) is 0 Å². The summed E-state index contributed by atoms with van der Waals surface area (Å²) in [4.78, 5) is 4.12. The smallest absolute Gasteiger partial charge is 0.400 e. The topological polar surface area (TPSA) is 57.4 Å². The number of hydrogen-bond acceptors (Lipinski definition) is 4. The van der Waals surface area contributed by atoms with E-state index in [0.29, 0.717) is 0 Å². The lowest BCUT2D eigenvalue weighted by Gasteiger charge is -2.32. The predicted molar refractivity (Wildman–Crippen MR) is 82.0 cm³/mol. The standard InChI is InChI=1S/C15H23BN2O2/c1-11(17)13-10-18-9-7-12(13)6-8-16-19-14(2,3)15(4,5)20-16/h6-11H,17H2,1-5H3/b8-6+/t11-/m0/s1. The van der Waals surface area contributed by atoms with Gasteiger partial charge in [-0.05, 0) is 51.8 Å². The molecule has 1 saturated heterocycles. The summed E-state index contributed by atoms with van der Waals surface area (Å²) in [5, 5.41) is 0. The molecule has 2 rings (SSSR count). The summed E-state index contributed by atoms with van der Waals surface area (Å²) in [6.45, 7) is 10.1. The maximum Gasteiger partial charge on any atom is 0.487 e. The first kappa shape index (κ1) is 15.2. The molecule has 0 aliphatic carbocycles.